The van der Waals surface area contributed by atoms with Gasteiger partial charge in [-0.2, -0.15) is 0 Å². The highest BCUT2D eigenvalue weighted by Gasteiger charge is 2.31. The first-order valence-corrected chi connectivity index (χ1v) is 8.10. The van der Waals surface area contributed by atoms with E-state index in [2.05, 4.69) is 17.2 Å². The topological polar surface area (TPSA) is 43.4 Å². The molecule has 2 aromatic rings. The lowest BCUT2D eigenvalue weighted by Gasteiger charge is -2.32. The second-order valence-electron chi connectivity index (χ2n) is 4.86. The summed E-state index contributed by atoms with van der Waals surface area (Å²) >= 11 is 7.46. The van der Waals surface area contributed by atoms with Crippen molar-refractivity contribution in [1.82, 2.24) is 10.3 Å². The van der Waals surface area contributed by atoms with Crippen LogP contribution in [0.15, 0.2) is 24.4 Å². The van der Waals surface area contributed by atoms with Crippen molar-refractivity contribution in [1.29, 1.82) is 0 Å². The van der Waals surface area contributed by atoms with Gasteiger partial charge in [-0.1, -0.05) is 18.5 Å². The van der Waals surface area contributed by atoms with Crippen LogP contribution < -0.4 is 14.8 Å². The summed E-state index contributed by atoms with van der Waals surface area (Å²) in [7, 11) is 1.67. The largest absolute Gasteiger partial charge is 0.497 e. The first-order valence-electron chi connectivity index (χ1n) is 6.90. The molecule has 0 spiro atoms. The highest BCUT2D eigenvalue weighted by molar-refractivity contribution is 7.15. The van der Waals surface area contributed by atoms with Gasteiger partial charge in [-0.15, -0.1) is 11.3 Å². The van der Waals surface area contributed by atoms with Crippen LogP contribution in [0.2, 0.25) is 4.34 Å². The average molecular weight is 325 g/mol. The molecule has 2 heterocycles. The third kappa shape index (κ3) is 3.00. The van der Waals surface area contributed by atoms with Gasteiger partial charge >= 0.3 is 0 Å². The zero-order chi connectivity index (χ0) is 14.8. The summed E-state index contributed by atoms with van der Waals surface area (Å²) in [5.41, 5.74) is 1.13. The summed E-state index contributed by atoms with van der Waals surface area (Å²) in [4.78, 5) is 4.35. The van der Waals surface area contributed by atoms with Crippen molar-refractivity contribution < 1.29 is 9.47 Å². The SMILES string of the molecule is CCNC1CC(c2ncc(Cl)s2)Oc2ccc(OC)cc21. The fraction of sp³-hybridized carbons (Fsp3) is 0.400. The summed E-state index contributed by atoms with van der Waals surface area (Å²) in [6.45, 7) is 3.00. The molecule has 4 nitrogen and oxygen atoms in total. The quantitative estimate of drug-likeness (QED) is 0.923. The molecule has 1 N–H and O–H groups in total. The Kier molecular flexibility index (Phi) is 4.33. The molecule has 2 unspecified atom stereocenters. The summed E-state index contributed by atoms with van der Waals surface area (Å²) in [6, 6.07) is 6.13. The molecule has 0 amide bonds. The monoisotopic (exact) mass is 324 g/mol. The van der Waals surface area contributed by atoms with Gasteiger partial charge in [-0.3, -0.25) is 0 Å². The number of thiazole rings is 1. The number of fused-ring (bicyclic) bond motifs is 1. The van der Waals surface area contributed by atoms with Gasteiger partial charge < -0.3 is 14.8 Å². The molecule has 0 fully saturated rings. The van der Waals surface area contributed by atoms with Gasteiger partial charge in [0.2, 0.25) is 0 Å². The van der Waals surface area contributed by atoms with Crippen LogP contribution in [-0.2, 0) is 0 Å². The number of rotatable bonds is 4. The number of hydrogen-bond acceptors (Lipinski definition) is 5. The van der Waals surface area contributed by atoms with E-state index in [0.29, 0.717) is 4.34 Å². The molecular formula is C15H17ClN2O2S. The molecule has 3 rings (SSSR count). The van der Waals surface area contributed by atoms with Crippen LogP contribution in [0.5, 0.6) is 11.5 Å². The maximum absolute atomic E-state index is 6.10. The van der Waals surface area contributed by atoms with Crippen molar-refractivity contribution in [3.8, 4) is 11.5 Å². The molecular weight excluding hydrogens is 308 g/mol. The second kappa shape index (κ2) is 6.22. The molecule has 1 aromatic carbocycles. The van der Waals surface area contributed by atoms with E-state index >= 15 is 0 Å². The smallest absolute Gasteiger partial charge is 0.152 e. The molecule has 1 aliphatic heterocycles. The van der Waals surface area contributed by atoms with E-state index in [1.165, 1.54) is 11.3 Å². The van der Waals surface area contributed by atoms with Crippen molar-refractivity contribution in [2.45, 2.75) is 25.5 Å². The Bertz CT molecular complexity index is 632. The van der Waals surface area contributed by atoms with Crippen LogP contribution in [0.25, 0.3) is 0 Å². The van der Waals surface area contributed by atoms with E-state index in [0.717, 1.165) is 35.0 Å². The van der Waals surface area contributed by atoms with Gasteiger partial charge in [0.15, 0.2) is 6.10 Å². The first-order chi connectivity index (χ1) is 10.2. The van der Waals surface area contributed by atoms with Crippen molar-refractivity contribution >= 4 is 22.9 Å². The first kappa shape index (κ1) is 14.6. The van der Waals surface area contributed by atoms with Crippen molar-refractivity contribution in [2.75, 3.05) is 13.7 Å². The van der Waals surface area contributed by atoms with E-state index in [9.17, 15) is 0 Å². The standard InChI is InChI=1S/C15H17ClN2O2S/c1-3-17-11-7-13(15-18-8-14(16)21-15)20-12-5-4-9(19-2)6-10(11)12/h4-6,8,11,13,17H,3,7H2,1-2H3. The molecule has 1 aromatic heterocycles. The number of aromatic nitrogens is 1. The molecule has 112 valence electrons. The Balaban J connectivity index is 1.93. The van der Waals surface area contributed by atoms with Gasteiger partial charge in [0.25, 0.3) is 0 Å². The van der Waals surface area contributed by atoms with Crippen molar-refractivity contribution in [3.63, 3.8) is 0 Å². The van der Waals surface area contributed by atoms with E-state index in [-0.39, 0.29) is 12.1 Å². The minimum Gasteiger partial charge on any atom is -0.497 e. The highest BCUT2D eigenvalue weighted by atomic mass is 35.5. The minimum absolute atomic E-state index is 0.0626. The van der Waals surface area contributed by atoms with Gasteiger partial charge in [-0.05, 0) is 24.7 Å². The predicted molar refractivity (Wildman–Crippen MR) is 84.5 cm³/mol. The lowest BCUT2D eigenvalue weighted by atomic mass is 9.96. The Hall–Kier alpha value is -1.30. The zero-order valence-electron chi connectivity index (χ0n) is 11.9. The summed E-state index contributed by atoms with van der Waals surface area (Å²) < 4.78 is 12.1. The third-order valence-corrected chi connectivity index (χ3v) is 4.74. The fourth-order valence-electron chi connectivity index (χ4n) is 2.58. The van der Waals surface area contributed by atoms with Crippen LogP contribution in [-0.4, -0.2) is 18.6 Å². The van der Waals surface area contributed by atoms with Crippen LogP contribution >= 0.6 is 22.9 Å². The van der Waals surface area contributed by atoms with E-state index in [1.54, 1.807) is 13.3 Å². The summed E-state index contributed by atoms with van der Waals surface area (Å²) in [6.07, 6.45) is 2.45. The van der Waals surface area contributed by atoms with Crippen molar-refractivity contribution in [2.24, 2.45) is 0 Å². The number of benzene rings is 1. The number of ether oxygens (including phenoxy) is 2. The molecule has 6 heteroatoms. The fourth-order valence-corrected chi connectivity index (χ4v) is 3.55. The Morgan fingerprint density at radius 1 is 1.52 bits per heavy atom. The average Bonchev–Trinajstić information content (AvgIpc) is 2.93. The van der Waals surface area contributed by atoms with E-state index in [4.69, 9.17) is 21.1 Å². The normalized spacial score (nSPS) is 20.7. The maximum atomic E-state index is 6.10. The molecule has 0 radical (unpaired) electrons. The van der Waals surface area contributed by atoms with Crippen LogP contribution in [0.3, 0.4) is 0 Å². The lowest BCUT2D eigenvalue weighted by Crippen LogP contribution is -2.29. The Labute approximate surface area is 133 Å². The van der Waals surface area contributed by atoms with Gasteiger partial charge in [-0.25, -0.2) is 4.98 Å². The van der Waals surface area contributed by atoms with E-state index < -0.39 is 0 Å². The molecule has 0 saturated carbocycles. The third-order valence-electron chi connectivity index (χ3n) is 3.53. The molecule has 2 atom stereocenters. The molecule has 0 aliphatic carbocycles. The van der Waals surface area contributed by atoms with Crippen LogP contribution in [0.1, 0.15) is 36.1 Å². The lowest BCUT2D eigenvalue weighted by molar-refractivity contribution is 0.151. The number of hydrogen-bond donors (Lipinski definition) is 1. The zero-order valence-corrected chi connectivity index (χ0v) is 13.5. The number of nitrogens with zero attached hydrogens (tertiary/aromatic N) is 1. The number of methoxy groups -OCH3 is 1. The maximum Gasteiger partial charge on any atom is 0.152 e. The van der Waals surface area contributed by atoms with Gasteiger partial charge in [0.05, 0.1) is 13.3 Å². The highest BCUT2D eigenvalue weighted by Crippen LogP contribution is 2.43. The van der Waals surface area contributed by atoms with Crippen LogP contribution in [0.4, 0.5) is 0 Å². The predicted octanol–water partition coefficient (Wildman–Crippen LogP) is 3.98. The van der Waals surface area contributed by atoms with Gasteiger partial charge in [0.1, 0.15) is 20.8 Å². The molecule has 0 saturated heterocycles. The minimum atomic E-state index is -0.0626. The van der Waals surface area contributed by atoms with Crippen molar-refractivity contribution in [3.05, 3.63) is 39.3 Å². The molecule has 0 bridgehead atoms. The summed E-state index contributed by atoms with van der Waals surface area (Å²) in [5, 5.41) is 4.43. The van der Waals surface area contributed by atoms with Crippen LogP contribution in [0, 0.1) is 0 Å². The Morgan fingerprint density at radius 2 is 2.38 bits per heavy atom. The Morgan fingerprint density at radius 3 is 3.05 bits per heavy atom. The second-order valence-corrected chi connectivity index (χ2v) is 6.55. The summed E-state index contributed by atoms with van der Waals surface area (Å²) in [5.74, 6) is 1.72. The number of halogens is 1. The number of nitrogens with one attached hydrogen (secondary N) is 1. The molecule has 1 aliphatic rings. The van der Waals surface area contributed by atoms with Gasteiger partial charge in [0, 0.05) is 18.0 Å². The van der Waals surface area contributed by atoms with E-state index in [1.807, 2.05) is 18.2 Å². The molecule has 21 heavy (non-hydrogen) atoms.